The molecule has 0 bridgehead atoms. The van der Waals surface area contributed by atoms with Crippen molar-refractivity contribution in [3.05, 3.63) is 48.2 Å². The van der Waals surface area contributed by atoms with E-state index >= 15 is 0 Å². The zero-order valence-electron chi connectivity index (χ0n) is 10.00. The van der Waals surface area contributed by atoms with Crippen LogP contribution in [0.5, 0.6) is 0 Å². The normalized spacial score (nSPS) is 12.4. The molecular formula is C13H16N2O2. The Morgan fingerprint density at radius 1 is 1.41 bits per heavy atom. The molecule has 0 spiro atoms. The minimum atomic E-state index is -0.528. The number of nitrogens with zero attached hydrogens (tertiary/aromatic N) is 2. The van der Waals surface area contributed by atoms with Crippen LogP contribution >= 0.6 is 0 Å². The van der Waals surface area contributed by atoms with Crippen molar-refractivity contribution in [3.8, 4) is 0 Å². The van der Waals surface area contributed by atoms with Crippen LogP contribution in [0.15, 0.2) is 41.1 Å². The van der Waals surface area contributed by atoms with Crippen molar-refractivity contribution in [2.75, 3.05) is 11.9 Å². The summed E-state index contributed by atoms with van der Waals surface area (Å²) in [5.74, 6) is 0.909. The molecule has 1 N–H and O–H groups in total. The number of aliphatic hydroxyl groups is 1. The average molecular weight is 232 g/mol. The van der Waals surface area contributed by atoms with Gasteiger partial charge in [0.05, 0.1) is 36.5 Å². The molecule has 4 heteroatoms. The minimum Gasteiger partial charge on any atom is -0.467 e. The Kier molecular flexibility index (Phi) is 3.44. The van der Waals surface area contributed by atoms with Gasteiger partial charge in [0.15, 0.2) is 0 Å². The van der Waals surface area contributed by atoms with Crippen molar-refractivity contribution in [2.24, 2.45) is 0 Å². The first-order chi connectivity index (χ1) is 8.16. The molecule has 2 heterocycles. The van der Waals surface area contributed by atoms with Crippen LogP contribution in [0.1, 0.15) is 24.5 Å². The molecule has 17 heavy (non-hydrogen) atoms. The van der Waals surface area contributed by atoms with Crippen molar-refractivity contribution >= 4 is 5.69 Å². The van der Waals surface area contributed by atoms with Crippen LogP contribution in [-0.4, -0.2) is 17.1 Å². The number of aromatic nitrogens is 1. The van der Waals surface area contributed by atoms with E-state index in [0.29, 0.717) is 12.2 Å². The van der Waals surface area contributed by atoms with Crippen molar-refractivity contribution in [1.82, 2.24) is 4.98 Å². The summed E-state index contributed by atoms with van der Waals surface area (Å²) in [4.78, 5) is 6.25. The molecule has 0 saturated carbocycles. The highest BCUT2D eigenvalue weighted by molar-refractivity contribution is 5.44. The van der Waals surface area contributed by atoms with E-state index in [1.165, 1.54) is 0 Å². The Hall–Kier alpha value is -1.81. The molecule has 90 valence electrons. The topological polar surface area (TPSA) is 49.5 Å². The van der Waals surface area contributed by atoms with Gasteiger partial charge in [0.1, 0.15) is 5.76 Å². The first-order valence-corrected chi connectivity index (χ1v) is 5.54. The fraction of sp³-hybridized carbons (Fsp3) is 0.308. The Morgan fingerprint density at radius 2 is 2.24 bits per heavy atom. The summed E-state index contributed by atoms with van der Waals surface area (Å²) in [5, 5.41) is 9.37. The number of aliphatic hydroxyl groups excluding tert-OH is 1. The van der Waals surface area contributed by atoms with Gasteiger partial charge in [-0.15, -0.1) is 0 Å². The number of anilines is 1. The van der Waals surface area contributed by atoms with Crippen molar-refractivity contribution < 1.29 is 9.52 Å². The van der Waals surface area contributed by atoms with E-state index < -0.39 is 6.10 Å². The standard InChI is InChI=1S/C13H16N2O2/c1-10(16)13-6-5-11(8-14-13)15(2)9-12-4-3-7-17-12/h3-8,10,16H,9H2,1-2H3/t10-/m0/s1. The molecule has 4 nitrogen and oxygen atoms in total. The SMILES string of the molecule is C[C@H](O)c1ccc(N(C)Cc2ccco2)cn1. The highest BCUT2D eigenvalue weighted by Gasteiger charge is 2.06. The maximum Gasteiger partial charge on any atom is 0.123 e. The lowest BCUT2D eigenvalue weighted by molar-refractivity contribution is 0.194. The van der Waals surface area contributed by atoms with Gasteiger partial charge in [-0.05, 0) is 31.2 Å². The van der Waals surface area contributed by atoms with Crippen LogP contribution in [0.3, 0.4) is 0 Å². The molecule has 0 fully saturated rings. The molecule has 2 rings (SSSR count). The monoisotopic (exact) mass is 232 g/mol. The summed E-state index contributed by atoms with van der Waals surface area (Å²) < 4.78 is 5.29. The molecule has 0 aliphatic carbocycles. The van der Waals surface area contributed by atoms with Gasteiger partial charge in [0, 0.05) is 7.05 Å². The summed E-state index contributed by atoms with van der Waals surface area (Å²) in [6.45, 7) is 2.40. The van der Waals surface area contributed by atoms with Gasteiger partial charge in [-0.3, -0.25) is 4.98 Å². The van der Waals surface area contributed by atoms with Gasteiger partial charge < -0.3 is 14.4 Å². The first kappa shape index (κ1) is 11.7. The highest BCUT2D eigenvalue weighted by Crippen LogP contribution is 2.17. The number of furan rings is 1. The van der Waals surface area contributed by atoms with Crippen LogP contribution in [0.2, 0.25) is 0 Å². The maximum atomic E-state index is 9.37. The third-order valence-corrected chi connectivity index (χ3v) is 2.61. The van der Waals surface area contributed by atoms with E-state index in [-0.39, 0.29) is 0 Å². The quantitative estimate of drug-likeness (QED) is 0.879. The van der Waals surface area contributed by atoms with Crippen LogP contribution in [0.4, 0.5) is 5.69 Å². The predicted octanol–water partition coefficient (Wildman–Crippen LogP) is 2.36. The van der Waals surface area contributed by atoms with Crippen LogP contribution < -0.4 is 4.90 Å². The van der Waals surface area contributed by atoms with Crippen molar-refractivity contribution in [2.45, 2.75) is 19.6 Å². The van der Waals surface area contributed by atoms with E-state index in [1.807, 2.05) is 36.2 Å². The zero-order valence-corrected chi connectivity index (χ0v) is 10.00. The lowest BCUT2D eigenvalue weighted by atomic mass is 10.2. The summed E-state index contributed by atoms with van der Waals surface area (Å²) >= 11 is 0. The van der Waals surface area contributed by atoms with Crippen molar-refractivity contribution in [1.29, 1.82) is 0 Å². The second kappa shape index (κ2) is 5.01. The molecule has 0 saturated heterocycles. The summed E-state index contributed by atoms with van der Waals surface area (Å²) in [6.07, 6.45) is 2.89. The Morgan fingerprint density at radius 3 is 2.76 bits per heavy atom. The maximum absolute atomic E-state index is 9.37. The van der Waals surface area contributed by atoms with Crippen LogP contribution in [0, 0.1) is 0 Å². The predicted molar refractivity (Wildman–Crippen MR) is 65.7 cm³/mol. The van der Waals surface area contributed by atoms with E-state index in [2.05, 4.69) is 4.98 Å². The highest BCUT2D eigenvalue weighted by atomic mass is 16.3. The first-order valence-electron chi connectivity index (χ1n) is 5.54. The van der Waals surface area contributed by atoms with Gasteiger partial charge in [-0.25, -0.2) is 0 Å². The lowest BCUT2D eigenvalue weighted by Crippen LogP contribution is -2.16. The molecule has 0 amide bonds. The van der Waals surface area contributed by atoms with Gasteiger partial charge in [0.25, 0.3) is 0 Å². The van der Waals surface area contributed by atoms with Gasteiger partial charge >= 0.3 is 0 Å². The van der Waals surface area contributed by atoms with E-state index in [0.717, 1.165) is 11.4 Å². The van der Waals surface area contributed by atoms with E-state index in [1.54, 1.807) is 19.4 Å². The number of hydrogen-bond acceptors (Lipinski definition) is 4. The van der Waals surface area contributed by atoms with Gasteiger partial charge in [-0.2, -0.15) is 0 Å². The second-order valence-corrected chi connectivity index (χ2v) is 4.05. The Labute approximate surface area is 101 Å². The summed E-state index contributed by atoms with van der Waals surface area (Å²) in [6, 6.07) is 7.59. The Bertz CT molecular complexity index is 449. The molecular weight excluding hydrogens is 216 g/mol. The summed E-state index contributed by atoms with van der Waals surface area (Å²) in [5.41, 5.74) is 1.67. The minimum absolute atomic E-state index is 0.528. The van der Waals surface area contributed by atoms with Gasteiger partial charge in [-0.1, -0.05) is 0 Å². The fourth-order valence-corrected chi connectivity index (χ4v) is 1.60. The Balaban J connectivity index is 2.06. The molecule has 0 radical (unpaired) electrons. The average Bonchev–Trinajstić information content (AvgIpc) is 2.82. The number of hydrogen-bond donors (Lipinski definition) is 1. The van der Waals surface area contributed by atoms with Gasteiger partial charge in [0.2, 0.25) is 0 Å². The molecule has 0 aliphatic rings. The molecule has 2 aromatic heterocycles. The third kappa shape index (κ3) is 2.85. The second-order valence-electron chi connectivity index (χ2n) is 4.05. The fourth-order valence-electron chi connectivity index (χ4n) is 1.60. The van der Waals surface area contributed by atoms with E-state index in [4.69, 9.17) is 4.42 Å². The molecule has 0 aromatic carbocycles. The lowest BCUT2D eigenvalue weighted by Gasteiger charge is -2.17. The largest absolute Gasteiger partial charge is 0.467 e. The molecule has 2 aromatic rings. The van der Waals surface area contributed by atoms with E-state index in [9.17, 15) is 5.11 Å². The smallest absolute Gasteiger partial charge is 0.123 e. The van der Waals surface area contributed by atoms with Crippen molar-refractivity contribution in [3.63, 3.8) is 0 Å². The third-order valence-electron chi connectivity index (χ3n) is 2.61. The van der Waals surface area contributed by atoms with Crippen LogP contribution in [0.25, 0.3) is 0 Å². The number of rotatable bonds is 4. The molecule has 0 aliphatic heterocycles. The summed E-state index contributed by atoms with van der Waals surface area (Å²) in [7, 11) is 1.97. The van der Waals surface area contributed by atoms with Crippen LogP contribution in [-0.2, 0) is 6.54 Å². The molecule has 0 unspecified atom stereocenters. The molecule has 1 atom stereocenters. The zero-order chi connectivity index (χ0) is 12.3. The number of pyridine rings is 1.